The number of aryl methyl sites for hydroxylation is 1. The molecule has 0 amide bonds. The third-order valence-electron chi connectivity index (χ3n) is 2.93. The predicted molar refractivity (Wildman–Crippen MR) is 62.3 cm³/mol. The quantitative estimate of drug-likeness (QED) is 0.761. The molecule has 0 unspecified atom stereocenters. The van der Waals surface area contributed by atoms with Gasteiger partial charge in [-0.15, -0.1) is 0 Å². The number of rotatable bonds is 3. The molecule has 0 bridgehead atoms. The largest absolute Gasteiger partial charge is 1.00 e. The molecule has 1 aliphatic rings. The van der Waals surface area contributed by atoms with E-state index in [1.165, 1.54) is 18.4 Å². The molecule has 0 saturated carbocycles. The van der Waals surface area contributed by atoms with Gasteiger partial charge in [-0.05, 0) is 56.5 Å². The maximum atomic E-state index is 5.80. The molecule has 1 aromatic rings. The lowest BCUT2D eigenvalue weighted by molar-refractivity contribution is -0.00000363. The Kier molecular flexibility index (Phi) is 5.64. The summed E-state index contributed by atoms with van der Waals surface area (Å²) in [6.07, 6.45) is 2.48. The van der Waals surface area contributed by atoms with Gasteiger partial charge in [0.15, 0.2) is 0 Å². The summed E-state index contributed by atoms with van der Waals surface area (Å²) in [6.45, 7) is 5.24. The van der Waals surface area contributed by atoms with Crippen molar-refractivity contribution in [3.8, 4) is 5.75 Å². The molecule has 1 saturated heterocycles. The number of nitrogens with one attached hydrogen (secondary N) is 1. The number of hydrogen-bond acceptors (Lipinski definition) is 2. The number of hydrogen-bond donors (Lipinski definition) is 1. The van der Waals surface area contributed by atoms with E-state index >= 15 is 0 Å². The van der Waals surface area contributed by atoms with E-state index in [4.69, 9.17) is 4.74 Å². The zero-order chi connectivity index (χ0) is 10.5. The van der Waals surface area contributed by atoms with Crippen molar-refractivity contribution < 1.29 is 17.1 Å². The van der Waals surface area contributed by atoms with Crippen molar-refractivity contribution in [3.63, 3.8) is 0 Å². The summed E-state index contributed by atoms with van der Waals surface area (Å²) in [4.78, 5) is 0. The summed E-state index contributed by atoms with van der Waals surface area (Å²) < 4.78 is 5.80. The molecule has 2 nitrogen and oxygen atoms in total. The first kappa shape index (κ1) is 13.3. The Balaban J connectivity index is 0.00000128. The highest BCUT2D eigenvalue weighted by Gasteiger charge is 2.13. The fourth-order valence-electron chi connectivity index (χ4n) is 1.97. The molecule has 3 heteroatoms. The number of piperidine rings is 1. The molecule has 1 fully saturated rings. The minimum atomic E-state index is 0. The van der Waals surface area contributed by atoms with Crippen LogP contribution in [0, 0.1) is 12.8 Å². The van der Waals surface area contributed by atoms with Crippen molar-refractivity contribution in [1.82, 2.24) is 5.32 Å². The Bertz CT molecular complexity index is 311. The lowest BCUT2D eigenvalue weighted by atomic mass is 9.99. The Morgan fingerprint density at radius 2 is 2.06 bits per heavy atom. The molecule has 16 heavy (non-hydrogen) atoms. The molecule has 0 aromatic heterocycles. The summed E-state index contributed by atoms with van der Waals surface area (Å²) in [5.74, 6) is 1.74. The van der Waals surface area contributed by atoms with E-state index in [0.29, 0.717) is 0 Å². The second-order valence-electron chi connectivity index (χ2n) is 4.32. The van der Waals surface area contributed by atoms with E-state index in [-0.39, 0.29) is 12.4 Å². The van der Waals surface area contributed by atoms with Gasteiger partial charge in [0.05, 0.1) is 6.61 Å². The molecule has 0 atom stereocenters. The van der Waals surface area contributed by atoms with Gasteiger partial charge in [0, 0.05) is 0 Å². The van der Waals surface area contributed by atoms with Crippen LogP contribution in [0.1, 0.15) is 18.4 Å². The van der Waals surface area contributed by atoms with Gasteiger partial charge < -0.3 is 22.5 Å². The first-order valence-electron chi connectivity index (χ1n) is 5.75. The highest BCUT2D eigenvalue weighted by molar-refractivity contribution is 5.27. The van der Waals surface area contributed by atoms with Crippen LogP contribution in [0.15, 0.2) is 24.3 Å². The first-order chi connectivity index (χ1) is 7.34. The van der Waals surface area contributed by atoms with Gasteiger partial charge in [0.2, 0.25) is 0 Å². The van der Waals surface area contributed by atoms with E-state index in [9.17, 15) is 0 Å². The second kappa shape index (κ2) is 6.77. The van der Waals surface area contributed by atoms with Crippen molar-refractivity contribution in [2.45, 2.75) is 19.8 Å². The lowest BCUT2D eigenvalue weighted by Gasteiger charge is -2.22. The average molecular weight is 241 g/mol. The van der Waals surface area contributed by atoms with E-state index in [0.717, 1.165) is 31.4 Å². The molecule has 2 rings (SSSR count). The fourth-order valence-corrected chi connectivity index (χ4v) is 1.97. The van der Waals surface area contributed by atoms with Crippen LogP contribution in [0.3, 0.4) is 0 Å². The van der Waals surface area contributed by atoms with E-state index in [2.05, 4.69) is 24.4 Å². The van der Waals surface area contributed by atoms with Gasteiger partial charge in [-0.1, -0.05) is 12.1 Å². The van der Waals surface area contributed by atoms with Crippen LogP contribution in [-0.4, -0.2) is 19.7 Å². The highest BCUT2D eigenvalue weighted by atomic mass is 35.5. The van der Waals surface area contributed by atoms with Crippen molar-refractivity contribution in [2.24, 2.45) is 5.92 Å². The number of ether oxygens (including phenoxy) is 1. The zero-order valence-corrected chi connectivity index (χ0v) is 10.5. The molecule has 1 N–H and O–H groups in total. The van der Waals surface area contributed by atoms with Crippen LogP contribution >= 0.6 is 0 Å². The maximum Gasteiger partial charge on any atom is 0.119 e. The minimum absolute atomic E-state index is 0. The van der Waals surface area contributed by atoms with Crippen molar-refractivity contribution in [2.75, 3.05) is 19.7 Å². The van der Waals surface area contributed by atoms with E-state index in [1.807, 2.05) is 12.1 Å². The van der Waals surface area contributed by atoms with Crippen LogP contribution in [-0.2, 0) is 0 Å². The third kappa shape index (κ3) is 4.03. The Morgan fingerprint density at radius 3 is 2.75 bits per heavy atom. The monoisotopic (exact) mass is 240 g/mol. The van der Waals surface area contributed by atoms with Gasteiger partial charge in [0.1, 0.15) is 5.75 Å². The zero-order valence-electron chi connectivity index (χ0n) is 9.71. The van der Waals surface area contributed by atoms with Crippen LogP contribution in [0.2, 0.25) is 0 Å². The molecular formula is C13H19ClNO-. The predicted octanol–water partition coefficient (Wildman–Crippen LogP) is -0.623. The van der Waals surface area contributed by atoms with Crippen molar-refractivity contribution in [3.05, 3.63) is 29.8 Å². The van der Waals surface area contributed by atoms with Gasteiger partial charge in [-0.3, -0.25) is 0 Å². The average Bonchev–Trinajstić information content (AvgIpc) is 2.28. The Hall–Kier alpha value is -0.730. The number of benzene rings is 1. The fraction of sp³-hybridized carbons (Fsp3) is 0.538. The summed E-state index contributed by atoms with van der Waals surface area (Å²) in [5, 5.41) is 3.37. The van der Waals surface area contributed by atoms with Gasteiger partial charge in [-0.2, -0.15) is 0 Å². The number of halogens is 1. The SMILES string of the molecule is Cc1cccc(OCC2CCNCC2)c1.[Cl-]. The van der Waals surface area contributed by atoms with Gasteiger partial charge in [0.25, 0.3) is 0 Å². The topological polar surface area (TPSA) is 21.3 Å². The Morgan fingerprint density at radius 1 is 1.31 bits per heavy atom. The van der Waals surface area contributed by atoms with E-state index in [1.54, 1.807) is 0 Å². The van der Waals surface area contributed by atoms with Crippen LogP contribution in [0.25, 0.3) is 0 Å². The highest BCUT2D eigenvalue weighted by Crippen LogP contribution is 2.16. The normalized spacial score (nSPS) is 16.6. The summed E-state index contributed by atoms with van der Waals surface area (Å²) in [7, 11) is 0. The molecule has 90 valence electrons. The summed E-state index contributed by atoms with van der Waals surface area (Å²) >= 11 is 0. The third-order valence-corrected chi connectivity index (χ3v) is 2.93. The summed E-state index contributed by atoms with van der Waals surface area (Å²) in [6, 6.07) is 8.28. The summed E-state index contributed by atoms with van der Waals surface area (Å²) in [5.41, 5.74) is 1.26. The van der Waals surface area contributed by atoms with Crippen LogP contribution in [0.4, 0.5) is 0 Å². The molecule has 1 heterocycles. The van der Waals surface area contributed by atoms with E-state index < -0.39 is 0 Å². The molecular weight excluding hydrogens is 222 g/mol. The second-order valence-corrected chi connectivity index (χ2v) is 4.32. The molecule has 0 aliphatic carbocycles. The first-order valence-corrected chi connectivity index (χ1v) is 5.75. The minimum Gasteiger partial charge on any atom is -1.00 e. The van der Waals surface area contributed by atoms with Gasteiger partial charge >= 0.3 is 0 Å². The molecule has 1 aliphatic heterocycles. The standard InChI is InChI=1S/C13H19NO.ClH/c1-11-3-2-4-13(9-11)15-10-12-5-7-14-8-6-12;/h2-4,9,12,14H,5-8,10H2,1H3;1H/p-1. The van der Waals surface area contributed by atoms with Crippen molar-refractivity contribution >= 4 is 0 Å². The molecule has 1 aromatic carbocycles. The van der Waals surface area contributed by atoms with Crippen LogP contribution in [0.5, 0.6) is 5.75 Å². The smallest absolute Gasteiger partial charge is 0.119 e. The lowest BCUT2D eigenvalue weighted by Crippen LogP contribution is -3.00. The maximum absolute atomic E-state index is 5.80. The van der Waals surface area contributed by atoms with Gasteiger partial charge in [-0.25, -0.2) is 0 Å². The van der Waals surface area contributed by atoms with Crippen molar-refractivity contribution in [1.29, 1.82) is 0 Å². The van der Waals surface area contributed by atoms with Crippen LogP contribution < -0.4 is 22.5 Å². The molecule has 0 spiro atoms. The molecule has 0 radical (unpaired) electrons. The Labute approximate surface area is 104 Å².